The predicted molar refractivity (Wildman–Crippen MR) is 270 cm³/mol. The predicted octanol–water partition coefficient (Wildman–Crippen LogP) is 8.76. The molecule has 0 amide bonds. The third-order valence-electron chi connectivity index (χ3n) is 10.5. The van der Waals surface area contributed by atoms with Crippen LogP contribution >= 0.6 is 0 Å². The molecule has 2 N–H and O–H groups in total. The van der Waals surface area contributed by atoms with Crippen molar-refractivity contribution in [3.8, 4) is 45.5 Å². The lowest BCUT2D eigenvalue weighted by Gasteiger charge is -2.19. The molecule has 0 saturated heterocycles. The summed E-state index contributed by atoms with van der Waals surface area (Å²) in [5.41, 5.74) is 2.77. The lowest BCUT2D eigenvalue weighted by atomic mass is 10.1. The Bertz CT molecular complexity index is 2030. The molecule has 20 heteroatoms. The highest BCUT2D eigenvalue weighted by Crippen LogP contribution is 2.42. The minimum atomic E-state index is -3.20. The number of rotatable bonds is 45. The lowest BCUT2D eigenvalue weighted by Crippen LogP contribution is -2.15. The molecule has 4 rings (SSSR count). The third-order valence-corrected chi connectivity index (χ3v) is 10.5. The van der Waals surface area contributed by atoms with Crippen LogP contribution in [0.2, 0.25) is 0 Å². The number of hydrogen-bond acceptors (Lipinski definition) is 15. The number of allylic oxidation sites excluding steroid dienone is 1. The van der Waals surface area contributed by atoms with Gasteiger partial charge in [0.05, 0.1) is 117 Å². The summed E-state index contributed by atoms with van der Waals surface area (Å²) in [4.78, 5) is 20.1. The van der Waals surface area contributed by atoms with Gasteiger partial charge in [-0.25, -0.2) is 8.63 Å². The van der Waals surface area contributed by atoms with Crippen LogP contribution in [0, 0.1) is 0 Å². The molecule has 0 bridgehead atoms. The van der Waals surface area contributed by atoms with Gasteiger partial charge in [-0.2, -0.15) is 0 Å². The molecule has 72 heavy (non-hydrogen) atoms. The number of nitrogens with one attached hydrogen (secondary N) is 2. The molecule has 2 aromatic heterocycles. The second kappa shape index (κ2) is 37.7. The number of aromatic nitrogens is 2. The van der Waals surface area contributed by atoms with Crippen molar-refractivity contribution in [1.29, 1.82) is 0 Å². The van der Waals surface area contributed by atoms with Crippen LogP contribution < -0.4 is 18.9 Å². The van der Waals surface area contributed by atoms with Crippen LogP contribution in [-0.4, -0.2) is 170 Å². The maximum atomic E-state index is 13.9. The second-order valence-electron chi connectivity index (χ2n) is 16.0. The maximum Gasteiger partial charge on any atom is 0.796 e. The Morgan fingerprint density at radius 2 is 0.972 bits per heavy atom. The quantitative estimate of drug-likeness (QED) is 0.0141. The number of ether oxygens (including phenoxy) is 13. The molecule has 0 radical (unpaired) electrons. The zero-order valence-corrected chi connectivity index (χ0v) is 42.5. The van der Waals surface area contributed by atoms with Crippen LogP contribution in [0.15, 0.2) is 66.7 Å². The highest BCUT2D eigenvalue weighted by Gasteiger charge is 2.24. The smallest absolute Gasteiger partial charge is 0.503 e. The van der Waals surface area contributed by atoms with Gasteiger partial charge in [-0.1, -0.05) is 51.2 Å². The van der Waals surface area contributed by atoms with Crippen LogP contribution in [0.3, 0.4) is 0 Å². The molecule has 17 nitrogen and oxygen atoms in total. The van der Waals surface area contributed by atoms with Gasteiger partial charge in [0.2, 0.25) is 11.5 Å². The first-order valence-corrected chi connectivity index (χ1v) is 24.7. The van der Waals surface area contributed by atoms with Gasteiger partial charge in [0.1, 0.15) is 31.3 Å². The molecule has 0 unspecified atom stereocenters. The van der Waals surface area contributed by atoms with E-state index in [1.165, 1.54) is 25.7 Å². The number of carbonyl (C=O) groups is 1. The zero-order chi connectivity index (χ0) is 51.3. The molecule has 0 spiro atoms. The van der Waals surface area contributed by atoms with Gasteiger partial charge in [-0.15, -0.1) is 0 Å². The number of H-pyrrole nitrogens is 2. The highest BCUT2D eigenvalue weighted by molar-refractivity contribution is 6.36. The molecule has 4 aromatic rings. The minimum Gasteiger partial charge on any atom is -0.503 e. The number of aromatic amines is 2. The fourth-order valence-corrected chi connectivity index (χ4v) is 6.81. The van der Waals surface area contributed by atoms with Gasteiger partial charge >= 0.3 is 7.47 Å². The monoisotopic (exact) mass is 1020 g/mol. The number of methoxy groups -OCH3 is 3. The van der Waals surface area contributed by atoms with Gasteiger partial charge in [0, 0.05) is 49.9 Å². The summed E-state index contributed by atoms with van der Waals surface area (Å²) in [7, 11) is 1.63. The van der Waals surface area contributed by atoms with Crippen molar-refractivity contribution >= 4 is 19.0 Å². The number of halogens is 2. The van der Waals surface area contributed by atoms with E-state index in [0.717, 1.165) is 24.5 Å². The Hall–Kier alpha value is -5.03. The van der Waals surface area contributed by atoms with Crippen molar-refractivity contribution in [3.63, 3.8) is 0 Å². The largest absolute Gasteiger partial charge is 0.796 e. The van der Waals surface area contributed by atoms with Crippen molar-refractivity contribution < 1.29 is 79.7 Å². The molecule has 0 aliphatic carbocycles. The Morgan fingerprint density at radius 1 is 0.500 bits per heavy atom. The number of ketones is 1. The fourth-order valence-electron chi connectivity index (χ4n) is 6.81. The minimum absolute atomic E-state index is 0.109. The first-order valence-electron chi connectivity index (χ1n) is 24.7. The molecule has 2 aromatic carbocycles. The standard InChI is InChI=1S/C52H75BF2N2O15/c1-5-6-7-8-9-10-18-68-43-13-11-12-41(37-43)44-15-17-47(57-44)49(72-53(54)55)40-48(58)46-16-14-45(56-46)42-38-50(69-34-31-65-28-25-62-22-19-59-2)52(71-36-33-67-30-27-64-24-21-61-4)51(39-42)70-35-32-66-29-26-63-23-20-60-3/h11-17,37-40,56-57H,5-10,18-36H2,1-4H3/b49-40-. The summed E-state index contributed by atoms with van der Waals surface area (Å²) in [5, 5.41) is 0. The van der Waals surface area contributed by atoms with E-state index in [-0.39, 0.29) is 56.8 Å². The van der Waals surface area contributed by atoms with Gasteiger partial charge in [-0.05, 0) is 55.0 Å². The average Bonchev–Trinajstić information content (AvgIpc) is 4.09. The summed E-state index contributed by atoms with van der Waals surface area (Å²) in [5.74, 6) is 0.708. The number of unbranched alkanes of at least 4 members (excludes halogenated alkanes) is 5. The van der Waals surface area contributed by atoms with Crippen molar-refractivity contribution in [2.75, 3.05) is 147 Å². The number of benzene rings is 2. The SMILES string of the molecule is CCCCCCCCOc1cccc(-c2ccc(/C(=C/C(=O)c3ccc(-c4cc(OCCOCCOCCOC)c(OCCOCCOCCOC)c(OCCOCCOCCOC)c4)[nH]3)OB(F)F)[nH]2)c1. The topological polar surface area (TPSA) is 178 Å². The van der Waals surface area contributed by atoms with Crippen LogP contribution in [-0.2, 0) is 47.3 Å². The van der Waals surface area contributed by atoms with Gasteiger partial charge in [-0.3, -0.25) is 4.79 Å². The van der Waals surface area contributed by atoms with E-state index in [9.17, 15) is 13.4 Å². The van der Waals surface area contributed by atoms with Crippen molar-refractivity contribution in [3.05, 3.63) is 78.1 Å². The van der Waals surface area contributed by atoms with Gasteiger partial charge < -0.3 is 76.2 Å². The fraction of sp³-hybridized carbons (Fsp3) is 0.558. The van der Waals surface area contributed by atoms with E-state index >= 15 is 0 Å². The van der Waals surface area contributed by atoms with E-state index in [2.05, 4.69) is 16.9 Å². The third kappa shape index (κ3) is 24.1. The van der Waals surface area contributed by atoms with E-state index in [1.54, 1.807) is 57.7 Å². The molecule has 0 aliphatic rings. The molecule has 0 saturated carbocycles. The van der Waals surface area contributed by atoms with Crippen molar-refractivity contribution in [1.82, 2.24) is 9.97 Å². The zero-order valence-electron chi connectivity index (χ0n) is 42.5. The molecule has 0 aliphatic heterocycles. The Kier molecular flexibility index (Phi) is 31.2. The molecule has 400 valence electrons. The molecular formula is C52H75BF2N2O15. The molecule has 2 heterocycles. The van der Waals surface area contributed by atoms with Crippen LogP contribution in [0.1, 0.15) is 61.6 Å². The molecular weight excluding hydrogens is 941 g/mol. The van der Waals surface area contributed by atoms with Crippen LogP contribution in [0.25, 0.3) is 28.3 Å². The Balaban J connectivity index is 1.54. The molecule has 0 atom stereocenters. The van der Waals surface area contributed by atoms with Gasteiger partial charge in [0.15, 0.2) is 11.5 Å². The summed E-state index contributed by atoms with van der Waals surface area (Å²) in [6.07, 6.45) is 7.94. The number of hydrogen-bond donors (Lipinski definition) is 2. The first-order chi connectivity index (χ1) is 35.4. The summed E-state index contributed by atoms with van der Waals surface area (Å²) < 4.78 is 106. The lowest BCUT2D eigenvalue weighted by molar-refractivity contribution is 0.0146. The van der Waals surface area contributed by atoms with Gasteiger partial charge in [0.25, 0.3) is 0 Å². The second-order valence-corrected chi connectivity index (χ2v) is 16.0. The summed E-state index contributed by atoms with van der Waals surface area (Å²) >= 11 is 0. The van der Waals surface area contributed by atoms with Crippen molar-refractivity contribution in [2.45, 2.75) is 45.4 Å². The van der Waals surface area contributed by atoms with Crippen LogP contribution in [0.4, 0.5) is 8.63 Å². The van der Waals surface area contributed by atoms with E-state index in [0.29, 0.717) is 126 Å². The van der Waals surface area contributed by atoms with E-state index in [1.807, 2.05) is 24.3 Å². The van der Waals surface area contributed by atoms with E-state index < -0.39 is 13.3 Å². The highest BCUT2D eigenvalue weighted by atomic mass is 19.2. The summed E-state index contributed by atoms with van der Waals surface area (Å²) in [6, 6.07) is 17.6. The summed E-state index contributed by atoms with van der Waals surface area (Å²) in [6.45, 7) is 8.98. The average molecular weight is 1020 g/mol. The van der Waals surface area contributed by atoms with E-state index in [4.69, 9.17) is 66.2 Å². The maximum absolute atomic E-state index is 13.9. The van der Waals surface area contributed by atoms with Crippen LogP contribution in [0.5, 0.6) is 23.0 Å². The Morgan fingerprint density at radius 3 is 1.51 bits per heavy atom. The normalized spacial score (nSPS) is 11.6. The first kappa shape index (κ1) is 59.5. The van der Waals surface area contributed by atoms with Crippen molar-refractivity contribution in [2.24, 2.45) is 0 Å². The number of carbonyl (C=O) groups excluding carboxylic acids is 1. The Labute approximate surface area is 423 Å². The molecule has 0 fully saturated rings.